The van der Waals surface area contributed by atoms with Crippen LogP contribution >= 0.6 is 0 Å². The predicted molar refractivity (Wildman–Crippen MR) is 73.4 cm³/mol. The molecule has 5 nitrogen and oxygen atoms in total. The van der Waals surface area contributed by atoms with E-state index in [-0.39, 0.29) is 5.75 Å². The molecule has 6 heteroatoms. The first kappa shape index (κ1) is 13.1. The van der Waals surface area contributed by atoms with E-state index in [2.05, 4.69) is 14.6 Å². The van der Waals surface area contributed by atoms with Crippen molar-refractivity contribution in [1.82, 2.24) is 4.98 Å². The molecule has 2 rings (SSSR count). The molecule has 0 atom stereocenters. The Morgan fingerprint density at radius 1 is 1.28 bits per heavy atom. The van der Waals surface area contributed by atoms with Gasteiger partial charge in [0.15, 0.2) is 0 Å². The van der Waals surface area contributed by atoms with Crippen molar-refractivity contribution in [3.05, 3.63) is 18.3 Å². The number of sulfonamides is 1. The van der Waals surface area contributed by atoms with Gasteiger partial charge in [0.1, 0.15) is 5.82 Å². The maximum Gasteiger partial charge on any atom is 0.233 e. The molecule has 0 spiro atoms. The summed E-state index contributed by atoms with van der Waals surface area (Å²) < 4.78 is 25.2. The fourth-order valence-electron chi connectivity index (χ4n) is 2.02. The number of piperidine rings is 1. The second-order valence-corrected chi connectivity index (χ2v) is 6.47. The van der Waals surface area contributed by atoms with Crippen molar-refractivity contribution in [2.24, 2.45) is 0 Å². The zero-order valence-corrected chi connectivity index (χ0v) is 11.4. The first-order chi connectivity index (χ1) is 8.61. The molecule has 1 saturated heterocycles. The van der Waals surface area contributed by atoms with Crippen LogP contribution in [0, 0.1) is 0 Å². The minimum Gasteiger partial charge on any atom is -0.370 e. The standard InChI is InChI=1S/C12H19N3O2S/c1-2-18(16,17)14-12-7-6-11(10-13-12)15-8-4-3-5-9-15/h6-7,10H,2-5,8-9H2,1H3,(H,13,14). The number of nitrogens with zero attached hydrogens (tertiary/aromatic N) is 2. The first-order valence-electron chi connectivity index (χ1n) is 6.32. The molecule has 0 bridgehead atoms. The van der Waals surface area contributed by atoms with E-state index in [9.17, 15) is 8.42 Å². The van der Waals surface area contributed by atoms with Crippen molar-refractivity contribution in [1.29, 1.82) is 0 Å². The number of pyridine rings is 1. The smallest absolute Gasteiger partial charge is 0.233 e. The van der Waals surface area contributed by atoms with Crippen molar-refractivity contribution >= 4 is 21.5 Å². The molecular formula is C12H19N3O2S. The Hall–Kier alpha value is -1.30. The highest BCUT2D eigenvalue weighted by Crippen LogP contribution is 2.20. The van der Waals surface area contributed by atoms with Crippen molar-refractivity contribution in [3.63, 3.8) is 0 Å². The van der Waals surface area contributed by atoms with E-state index < -0.39 is 10.0 Å². The molecule has 1 aliphatic heterocycles. The molecule has 1 aromatic heterocycles. The molecule has 1 aromatic rings. The Labute approximate surface area is 108 Å². The predicted octanol–water partition coefficient (Wildman–Crippen LogP) is 1.83. The van der Waals surface area contributed by atoms with Gasteiger partial charge in [-0.25, -0.2) is 13.4 Å². The summed E-state index contributed by atoms with van der Waals surface area (Å²) in [7, 11) is -3.24. The van der Waals surface area contributed by atoms with Crippen LogP contribution in [0.2, 0.25) is 0 Å². The Kier molecular flexibility index (Phi) is 4.06. The van der Waals surface area contributed by atoms with Gasteiger partial charge in [-0.05, 0) is 38.3 Å². The highest BCUT2D eigenvalue weighted by molar-refractivity contribution is 7.92. The molecule has 18 heavy (non-hydrogen) atoms. The van der Waals surface area contributed by atoms with Gasteiger partial charge >= 0.3 is 0 Å². The SMILES string of the molecule is CCS(=O)(=O)Nc1ccc(N2CCCCC2)cn1. The molecule has 0 amide bonds. The van der Waals surface area contributed by atoms with Crippen LogP contribution in [0.4, 0.5) is 11.5 Å². The highest BCUT2D eigenvalue weighted by atomic mass is 32.2. The lowest BCUT2D eigenvalue weighted by atomic mass is 10.1. The first-order valence-corrected chi connectivity index (χ1v) is 7.97. The van der Waals surface area contributed by atoms with Gasteiger partial charge in [0.25, 0.3) is 0 Å². The molecule has 100 valence electrons. The quantitative estimate of drug-likeness (QED) is 0.906. The van der Waals surface area contributed by atoms with E-state index in [1.54, 1.807) is 19.2 Å². The van der Waals surface area contributed by atoms with Gasteiger partial charge in [-0.15, -0.1) is 0 Å². The maximum atomic E-state index is 11.4. The minimum absolute atomic E-state index is 0.0581. The van der Waals surface area contributed by atoms with E-state index in [4.69, 9.17) is 0 Å². The number of rotatable bonds is 4. The third-order valence-electron chi connectivity index (χ3n) is 3.11. The van der Waals surface area contributed by atoms with Crippen LogP contribution in [0.15, 0.2) is 18.3 Å². The van der Waals surface area contributed by atoms with E-state index in [1.165, 1.54) is 19.3 Å². The number of hydrogen-bond donors (Lipinski definition) is 1. The minimum atomic E-state index is -3.24. The fraction of sp³-hybridized carbons (Fsp3) is 0.583. The number of hydrogen-bond acceptors (Lipinski definition) is 4. The lowest BCUT2D eigenvalue weighted by Gasteiger charge is -2.28. The van der Waals surface area contributed by atoms with E-state index in [0.717, 1.165) is 18.8 Å². The Morgan fingerprint density at radius 2 is 2.00 bits per heavy atom. The molecule has 0 unspecified atom stereocenters. The van der Waals surface area contributed by atoms with Crippen molar-refractivity contribution < 1.29 is 8.42 Å². The van der Waals surface area contributed by atoms with Crippen LogP contribution in [-0.2, 0) is 10.0 Å². The molecule has 0 aromatic carbocycles. The highest BCUT2D eigenvalue weighted by Gasteiger charge is 2.12. The van der Waals surface area contributed by atoms with Gasteiger partial charge < -0.3 is 4.90 Å². The molecule has 1 fully saturated rings. The molecule has 1 N–H and O–H groups in total. The van der Waals surface area contributed by atoms with Gasteiger partial charge in [0.05, 0.1) is 17.6 Å². The van der Waals surface area contributed by atoms with Gasteiger partial charge in [-0.2, -0.15) is 0 Å². The van der Waals surface area contributed by atoms with Crippen LogP contribution in [0.3, 0.4) is 0 Å². The molecular weight excluding hydrogens is 250 g/mol. The van der Waals surface area contributed by atoms with Crippen LogP contribution in [0.5, 0.6) is 0 Å². The lowest BCUT2D eigenvalue weighted by Crippen LogP contribution is -2.29. The normalized spacial score (nSPS) is 16.6. The average Bonchev–Trinajstić information content (AvgIpc) is 2.40. The summed E-state index contributed by atoms with van der Waals surface area (Å²) in [5, 5.41) is 0. The monoisotopic (exact) mass is 269 g/mol. The van der Waals surface area contributed by atoms with Crippen LogP contribution < -0.4 is 9.62 Å². The molecule has 0 saturated carbocycles. The fourth-order valence-corrected chi connectivity index (χ4v) is 2.60. The zero-order chi connectivity index (χ0) is 13.0. The summed E-state index contributed by atoms with van der Waals surface area (Å²) in [6, 6.07) is 3.64. The van der Waals surface area contributed by atoms with Gasteiger partial charge in [-0.1, -0.05) is 0 Å². The summed E-state index contributed by atoms with van der Waals surface area (Å²) in [5.74, 6) is 0.445. The largest absolute Gasteiger partial charge is 0.370 e. The number of aromatic nitrogens is 1. The van der Waals surface area contributed by atoms with Crippen LogP contribution in [0.25, 0.3) is 0 Å². The van der Waals surface area contributed by atoms with Crippen LogP contribution in [-0.4, -0.2) is 32.2 Å². The summed E-state index contributed by atoms with van der Waals surface area (Å²) in [6.07, 6.45) is 5.45. The third-order valence-corrected chi connectivity index (χ3v) is 4.39. The molecule has 0 radical (unpaired) electrons. The average molecular weight is 269 g/mol. The van der Waals surface area contributed by atoms with Gasteiger partial charge in [0, 0.05) is 13.1 Å². The summed E-state index contributed by atoms with van der Waals surface area (Å²) >= 11 is 0. The van der Waals surface area contributed by atoms with Crippen LogP contribution in [0.1, 0.15) is 26.2 Å². The summed E-state index contributed by atoms with van der Waals surface area (Å²) in [4.78, 5) is 6.44. The third kappa shape index (κ3) is 3.35. The van der Waals surface area contributed by atoms with E-state index >= 15 is 0 Å². The number of anilines is 2. The molecule has 0 aliphatic carbocycles. The summed E-state index contributed by atoms with van der Waals surface area (Å²) in [5.41, 5.74) is 1.06. The lowest BCUT2D eigenvalue weighted by molar-refractivity contribution is 0.577. The maximum absolute atomic E-state index is 11.4. The molecule has 2 heterocycles. The molecule has 1 aliphatic rings. The number of nitrogens with one attached hydrogen (secondary N) is 1. The second kappa shape index (κ2) is 5.56. The van der Waals surface area contributed by atoms with Crippen molar-refractivity contribution in [3.8, 4) is 0 Å². The van der Waals surface area contributed by atoms with Gasteiger partial charge in [-0.3, -0.25) is 4.72 Å². The zero-order valence-electron chi connectivity index (χ0n) is 10.6. The Balaban J connectivity index is 2.05. The Morgan fingerprint density at radius 3 is 2.56 bits per heavy atom. The van der Waals surface area contributed by atoms with Crippen molar-refractivity contribution in [2.45, 2.75) is 26.2 Å². The second-order valence-electron chi connectivity index (χ2n) is 4.45. The van der Waals surface area contributed by atoms with E-state index in [1.807, 2.05) is 6.07 Å². The van der Waals surface area contributed by atoms with Gasteiger partial charge in [0.2, 0.25) is 10.0 Å². The van der Waals surface area contributed by atoms with Crippen molar-refractivity contribution in [2.75, 3.05) is 28.5 Å². The Bertz CT molecular complexity index is 479. The summed E-state index contributed by atoms with van der Waals surface area (Å²) in [6.45, 7) is 3.72. The topological polar surface area (TPSA) is 62.3 Å². The van der Waals surface area contributed by atoms with E-state index in [0.29, 0.717) is 5.82 Å².